The van der Waals surface area contributed by atoms with Crippen molar-refractivity contribution in [2.45, 2.75) is 13.5 Å². The minimum absolute atomic E-state index is 0.706. The molecule has 2 heterocycles. The van der Waals surface area contributed by atoms with Gasteiger partial charge in [0.25, 0.3) is 0 Å². The Hall–Kier alpha value is -2.10. The van der Waals surface area contributed by atoms with Gasteiger partial charge in [0.05, 0.1) is 36.0 Å². The van der Waals surface area contributed by atoms with Crippen molar-refractivity contribution in [1.82, 2.24) is 9.97 Å². The van der Waals surface area contributed by atoms with Crippen LogP contribution in [0.2, 0.25) is 0 Å². The normalized spacial score (nSPS) is 9.94. The Morgan fingerprint density at radius 3 is 2.65 bits per heavy atom. The van der Waals surface area contributed by atoms with Crippen LogP contribution < -0.4 is 10.6 Å². The molecular weight excluding hydrogens is 212 g/mol. The summed E-state index contributed by atoms with van der Waals surface area (Å²) in [6.07, 6.45) is 5.42. The van der Waals surface area contributed by atoms with Crippen LogP contribution in [0, 0.1) is 0 Å². The fourth-order valence-corrected chi connectivity index (χ4v) is 1.53. The molecule has 0 atom stereocenters. The Morgan fingerprint density at radius 2 is 1.94 bits per heavy atom. The molecular formula is C13H16N4. The quantitative estimate of drug-likeness (QED) is 0.825. The maximum atomic E-state index is 4.25. The second-order valence-corrected chi connectivity index (χ2v) is 3.67. The molecule has 2 N–H and O–H groups in total. The van der Waals surface area contributed by atoms with Gasteiger partial charge in [-0.1, -0.05) is 6.07 Å². The van der Waals surface area contributed by atoms with E-state index in [-0.39, 0.29) is 0 Å². The van der Waals surface area contributed by atoms with Crippen LogP contribution in [0.1, 0.15) is 12.6 Å². The van der Waals surface area contributed by atoms with Crippen LogP contribution in [-0.2, 0) is 6.54 Å². The number of hydrogen-bond donors (Lipinski definition) is 2. The maximum absolute atomic E-state index is 4.25. The topological polar surface area (TPSA) is 49.8 Å². The highest BCUT2D eigenvalue weighted by Crippen LogP contribution is 2.13. The summed E-state index contributed by atoms with van der Waals surface area (Å²) in [5.74, 6) is 0. The van der Waals surface area contributed by atoms with Gasteiger partial charge in [-0.15, -0.1) is 0 Å². The van der Waals surface area contributed by atoms with Gasteiger partial charge in [0.1, 0.15) is 0 Å². The summed E-state index contributed by atoms with van der Waals surface area (Å²) in [5, 5.41) is 6.52. The Balaban J connectivity index is 1.97. The molecule has 2 rings (SSSR count). The molecule has 0 bridgehead atoms. The third kappa shape index (κ3) is 3.45. The predicted octanol–water partition coefficient (Wildman–Crippen LogP) is 2.52. The van der Waals surface area contributed by atoms with Gasteiger partial charge in [0.2, 0.25) is 0 Å². The first-order chi connectivity index (χ1) is 8.38. The Morgan fingerprint density at radius 1 is 1.12 bits per heavy atom. The van der Waals surface area contributed by atoms with Crippen molar-refractivity contribution >= 4 is 11.4 Å². The second-order valence-electron chi connectivity index (χ2n) is 3.67. The lowest BCUT2D eigenvalue weighted by molar-refractivity contribution is 1.04. The molecule has 0 unspecified atom stereocenters. The molecule has 2 aromatic heterocycles. The Kier molecular flexibility index (Phi) is 3.91. The van der Waals surface area contributed by atoms with Gasteiger partial charge in [-0.3, -0.25) is 9.97 Å². The summed E-state index contributed by atoms with van der Waals surface area (Å²) in [7, 11) is 0. The summed E-state index contributed by atoms with van der Waals surface area (Å²) in [5.41, 5.74) is 3.04. The summed E-state index contributed by atoms with van der Waals surface area (Å²) in [4.78, 5) is 8.42. The van der Waals surface area contributed by atoms with Crippen LogP contribution in [0.15, 0.2) is 42.9 Å². The third-order valence-corrected chi connectivity index (χ3v) is 2.32. The van der Waals surface area contributed by atoms with Crippen LogP contribution in [-0.4, -0.2) is 16.5 Å². The van der Waals surface area contributed by atoms with E-state index >= 15 is 0 Å². The molecule has 0 spiro atoms. The Labute approximate surface area is 101 Å². The van der Waals surface area contributed by atoms with E-state index in [4.69, 9.17) is 0 Å². The van der Waals surface area contributed by atoms with Gasteiger partial charge in [0, 0.05) is 12.7 Å². The van der Waals surface area contributed by atoms with Crippen LogP contribution in [0.3, 0.4) is 0 Å². The number of nitrogens with one attached hydrogen (secondary N) is 2. The molecule has 2 aromatic rings. The highest BCUT2D eigenvalue weighted by Gasteiger charge is 1.96. The molecule has 4 heteroatoms. The molecule has 88 valence electrons. The zero-order chi connectivity index (χ0) is 11.9. The highest BCUT2D eigenvalue weighted by molar-refractivity contribution is 5.53. The molecule has 0 saturated carbocycles. The lowest BCUT2D eigenvalue weighted by atomic mass is 10.3. The van der Waals surface area contributed by atoms with E-state index in [0.717, 1.165) is 23.6 Å². The molecule has 0 saturated heterocycles. The molecule has 0 radical (unpaired) electrons. The monoisotopic (exact) mass is 228 g/mol. The molecule has 0 amide bonds. The summed E-state index contributed by atoms with van der Waals surface area (Å²) >= 11 is 0. The number of hydrogen-bond acceptors (Lipinski definition) is 4. The van der Waals surface area contributed by atoms with E-state index in [1.165, 1.54) is 0 Å². The smallest absolute Gasteiger partial charge is 0.0594 e. The van der Waals surface area contributed by atoms with E-state index in [2.05, 4.69) is 27.5 Å². The first-order valence-corrected chi connectivity index (χ1v) is 5.71. The van der Waals surface area contributed by atoms with Gasteiger partial charge in [0.15, 0.2) is 0 Å². The van der Waals surface area contributed by atoms with E-state index in [0.29, 0.717) is 6.54 Å². The first kappa shape index (κ1) is 11.4. The number of pyridine rings is 2. The maximum Gasteiger partial charge on any atom is 0.0594 e. The lowest BCUT2D eigenvalue weighted by Gasteiger charge is -2.08. The predicted molar refractivity (Wildman–Crippen MR) is 70.0 cm³/mol. The standard InChI is InChI=1S/C13H16N4/c1-2-15-12-7-13(9-14-8-12)17-10-11-5-3-4-6-16-11/h3-9,15,17H,2,10H2,1H3. The number of nitrogens with zero attached hydrogens (tertiary/aromatic N) is 2. The van der Waals surface area contributed by atoms with E-state index in [1.807, 2.05) is 36.7 Å². The first-order valence-electron chi connectivity index (χ1n) is 5.71. The lowest BCUT2D eigenvalue weighted by Crippen LogP contribution is -2.03. The Bertz CT molecular complexity index is 456. The third-order valence-electron chi connectivity index (χ3n) is 2.32. The largest absolute Gasteiger partial charge is 0.384 e. The minimum Gasteiger partial charge on any atom is -0.384 e. The van der Waals surface area contributed by atoms with Gasteiger partial charge in [-0.25, -0.2) is 0 Å². The van der Waals surface area contributed by atoms with Crippen LogP contribution in [0.5, 0.6) is 0 Å². The zero-order valence-corrected chi connectivity index (χ0v) is 9.85. The van der Waals surface area contributed by atoms with Crippen molar-refractivity contribution in [3.05, 3.63) is 48.5 Å². The summed E-state index contributed by atoms with van der Waals surface area (Å²) in [6, 6.07) is 7.93. The van der Waals surface area contributed by atoms with Crippen LogP contribution in [0.4, 0.5) is 11.4 Å². The minimum atomic E-state index is 0.706. The van der Waals surface area contributed by atoms with Crippen molar-refractivity contribution in [2.75, 3.05) is 17.2 Å². The highest BCUT2D eigenvalue weighted by atomic mass is 14.9. The van der Waals surface area contributed by atoms with Crippen molar-refractivity contribution in [3.63, 3.8) is 0 Å². The zero-order valence-electron chi connectivity index (χ0n) is 9.85. The van der Waals surface area contributed by atoms with Gasteiger partial charge in [-0.05, 0) is 25.1 Å². The van der Waals surface area contributed by atoms with E-state index < -0.39 is 0 Å². The molecule has 0 aliphatic rings. The van der Waals surface area contributed by atoms with E-state index in [1.54, 1.807) is 6.20 Å². The molecule has 4 nitrogen and oxygen atoms in total. The number of aromatic nitrogens is 2. The van der Waals surface area contributed by atoms with Gasteiger partial charge in [-0.2, -0.15) is 0 Å². The van der Waals surface area contributed by atoms with Crippen LogP contribution >= 0.6 is 0 Å². The van der Waals surface area contributed by atoms with Crippen molar-refractivity contribution < 1.29 is 0 Å². The van der Waals surface area contributed by atoms with Gasteiger partial charge >= 0.3 is 0 Å². The SMILES string of the molecule is CCNc1cncc(NCc2ccccn2)c1. The summed E-state index contributed by atoms with van der Waals surface area (Å²) < 4.78 is 0. The van der Waals surface area contributed by atoms with Crippen molar-refractivity contribution in [3.8, 4) is 0 Å². The molecule has 17 heavy (non-hydrogen) atoms. The van der Waals surface area contributed by atoms with Crippen molar-refractivity contribution in [2.24, 2.45) is 0 Å². The fourth-order valence-electron chi connectivity index (χ4n) is 1.53. The number of rotatable bonds is 5. The number of anilines is 2. The fraction of sp³-hybridized carbons (Fsp3) is 0.231. The van der Waals surface area contributed by atoms with Gasteiger partial charge < -0.3 is 10.6 Å². The molecule has 0 fully saturated rings. The van der Waals surface area contributed by atoms with Crippen LogP contribution in [0.25, 0.3) is 0 Å². The summed E-state index contributed by atoms with van der Waals surface area (Å²) in [6.45, 7) is 3.66. The average Bonchev–Trinajstić information content (AvgIpc) is 2.39. The average molecular weight is 228 g/mol. The molecule has 0 aliphatic carbocycles. The molecule has 0 aromatic carbocycles. The van der Waals surface area contributed by atoms with E-state index in [9.17, 15) is 0 Å². The van der Waals surface area contributed by atoms with Crippen molar-refractivity contribution in [1.29, 1.82) is 0 Å². The molecule has 0 aliphatic heterocycles. The second kappa shape index (κ2) is 5.84.